The second-order valence-corrected chi connectivity index (χ2v) is 7.52. The van der Waals surface area contributed by atoms with Crippen molar-refractivity contribution in [1.29, 1.82) is 0 Å². The summed E-state index contributed by atoms with van der Waals surface area (Å²) < 4.78 is 6.29. The molecule has 0 aliphatic rings. The van der Waals surface area contributed by atoms with E-state index in [1.54, 1.807) is 0 Å². The van der Waals surface area contributed by atoms with Crippen LogP contribution < -0.4 is 4.74 Å². The van der Waals surface area contributed by atoms with E-state index in [9.17, 15) is 0 Å². The van der Waals surface area contributed by atoms with Gasteiger partial charge in [0.25, 0.3) is 0 Å². The van der Waals surface area contributed by atoms with E-state index in [-0.39, 0.29) is 0 Å². The van der Waals surface area contributed by atoms with Gasteiger partial charge < -0.3 is 4.74 Å². The third-order valence-corrected chi connectivity index (χ3v) is 5.06. The van der Waals surface area contributed by atoms with Gasteiger partial charge in [0, 0.05) is 0 Å². The van der Waals surface area contributed by atoms with Crippen molar-refractivity contribution in [3.63, 3.8) is 0 Å². The molecule has 0 radical (unpaired) electrons. The molecule has 1 unspecified atom stereocenters. The Bertz CT molecular complexity index is 373. The molecule has 0 bridgehead atoms. The first kappa shape index (κ1) is 22.1. The molecule has 0 spiro atoms. The Labute approximate surface area is 157 Å². The number of para-hydroxylation sites is 1. The molecule has 0 aliphatic carbocycles. The maximum absolute atomic E-state index is 6.29. The fourth-order valence-electron chi connectivity index (χ4n) is 3.44. The lowest BCUT2D eigenvalue weighted by atomic mass is 10.0. The third-order valence-electron chi connectivity index (χ3n) is 5.06. The van der Waals surface area contributed by atoms with Gasteiger partial charge in [-0.05, 0) is 37.8 Å². The first-order valence-corrected chi connectivity index (χ1v) is 11.1. The number of benzene rings is 1. The van der Waals surface area contributed by atoms with E-state index in [1.165, 1.54) is 96.3 Å². The first-order chi connectivity index (χ1) is 12.4. The van der Waals surface area contributed by atoms with E-state index in [1.807, 2.05) is 0 Å². The van der Waals surface area contributed by atoms with Crippen LogP contribution in [0.5, 0.6) is 5.75 Å². The largest absolute Gasteiger partial charge is 0.490 e. The minimum atomic E-state index is 0.407. The third kappa shape index (κ3) is 13.0. The molecule has 0 N–H and O–H groups in total. The van der Waals surface area contributed by atoms with Gasteiger partial charge in [0.1, 0.15) is 5.75 Å². The van der Waals surface area contributed by atoms with Crippen LogP contribution in [-0.2, 0) is 0 Å². The van der Waals surface area contributed by atoms with E-state index < -0.39 is 0 Å². The molecule has 0 heterocycles. The molecule has 0 aromatic heterocycles. The molecule has 0 fully saturated rings. The zero-order chi connectivity index (χ0) is 18.0. The summed E-state index contributed by atoms with van der Waals surface area (Å²) in [6, 6.07) is 10.4. The van der Waals surface area contributed by atoms with Crippen molar-refractivity contribution >= 4 is 0 Å². The number of hydrogen-bond donors (Lipinski definition) is 0. The highest BCUT2D eigenvalue weighted by Gasteiger charge is 2.10. The SMILES string of the molecule is CCCCCCCCCC(CCCCCCCC)Oc1ccccc1. The molecule has 0 saturated heterocycles. The van der Waals surface area contributed by atoms with Crippen LogP contribution in [0.25, 0.3) is 0 Å². The molecule has 25 heavy (non-hydrogen) atoms. The summed E-state index contributed by atoms with van der Waals surface area (Å²) in [7, 11) is 0. The molecule has 144 valence electrons. The maximum atomic E-state index is 6.29. The Morgan fingerprint density at radius 3 is 1.52 bits per heavy atom. The lowest BCUT2D eigenvalue weighted by Crippen LogP contribution is -2.16. The molecule has 1 aromatic rings. The summed E-state index contributed by atoms with van der Waals surface area (Å²) >= 11 is 0. The normalized spacial score (nSPS) is 12.2. The average molecular weight is 347 g/mol. The Hall–Kier alpha value is -0.980. The number of ether oxygens (including phenoxy) is 1. The number of unbranched alkanes of at least 4 members (excludes halogenated alkanes) is 11. The van der Waals surface area contributed by atoms with E-state index in [0.717, 1.165) is 5.75 Å². The van der Waals surface area contributed by atoms with Crippen LogP contribution in [0.3, 0.4) is 0 Å². The predicted molar refractivity (Wildman–Crippen MR) is 111 cm³/mol. The van der Waals surface area contributed by atoms with E-state index >= 15 is 0 Å². The van der Waals surface area contributed by atoms with Crippen LogP contribution in [0.2, 0.25) is 0 Å². The van der Waals surface area contributed by atoms with Gasteiger partial charge >= 0.3 is 0 Å². The highest BCUT2D eigenvalue weighted by molar-refractivity contribution is 5.21. The Morgan fingerprint density at radius 1 is 0.600 bits per heavy atom. The van der Waals surface area contributed by atoms with E-state index in [0.29, 0.717) is 6.10 Å². The fourth-order valence-corrected chi connectivity index (χ4v) is 3.44. The monoisotopic (exact) mass is 346 g/mol. The Morgan fingerprint density at radius 2 is 1.04 bits per heavy atom. The molecule has 1 heteroatoms. The number of rotatable bonds is 17. The molecule has 1 nitrogen and oxygen atoms in total. The second-order valence-electron chi connectivity index (χ2n) is 7.52. The summed E-state index contributed by atoms with van der Waals surface area (Å²) in [5.41, 5.74) is 0. The van der Waals surface area contributed by atoms with Crippen LogP contribution in [0, 0.1) is 0 Å². The highest BCUT2D eigenvalue weighted by atomic mass is 16.5. The summed E-state index contributed by atoms with van der Waals surface area (Å²) in [4.78, 5) is 0. The van der Waals surface area contributed by atoms with Crippen molar-refractivity contribution in [3.05, 3.63) is 30.3 Å². The summed E-state index contributed by atoms with van der Waals surface area (Å²) in [6.07, 6.45) is 20.7. The van der Waals surface area contributed by atoms with Crippen LogP contribution in [-0.4, -0.2) is 6.10 Å². The van der Waals surface area contributed by atoms with Crippen LogP contribution in [0.15, 0.2) is 30.3 Å². The standard InChI is InChI=1S/C24H42O/c1-3-5-7-9-11-13-16-20-23(19-15-12-10-8-6-4-2)25-24-21-17-14-18-22-24/h14,17-18,21-23H,3-13,15-16,19-20H2,1-2H3. The van der Waals surface area contributed by atoms with E-state index in [4.69, 9.17) is 4.74 Å². The van der Waals surface area contributed by atoms with Gasteiger partial charge in [-0.3, -0.25) is 0 Å². The zero-order valence-corrected chi connectivity index (χ0v) is 17.0. The minimum Gasteiger partial charge on any atom is -0.490 e. The van der Waals surface area contributed by atoms with Gasteiger partial charge in [0.05, 0.1) is 6.10 Å². The lowest BCUT2D eigenvalue weighted by Gasteiger charge is -2.19. The average Bonchev–Trinajstić information content (AvgIpc) is 2.64. The quantitative estimate of drug-likeness (QED) is 0.258. The Balaban J connectivity index is 2.22. The van der Waals surface area contributed by atoms with Crippen molar-refractivity contribution in [3.8, 4) is 5.75 Å². The van der Waals surface area contributed by atoms with Gasteiger partial charge in [-0.1, -0.05) is 103 Å². The van der Waals surface area contributed by atoms with Crippen molar-refractivity contribution in [2.45, 2.75) is 116 Å². The maximum Gasteiger partial charge on any atom is 0.119 e. The molecule has 1 aromatic carbocycles. The molecule has 0 saturated carbocycles. The topological polar surface area (TPSA) is 9.23 Å². The van der Waals surface area contributed by atoms with Crippen molar-refractivity contribution in [2.75, 3.05) is 0 Å². The van der Waals surface area contributed by atoms with Gasteiger partial charge in [-0.15, -0.1) is 0 Å². The summed E-state index contributed by atoms with van der Waals surface area (Å²) in [5, 5.41) is 0. The smallest absolute Gasteiger partial charge is 0.119 e. The molecule has 1 atom stereocenters. The van der Waals surface area contributed by atoms with Crippen molar-refractivity contribution in [1.82, 2.24) is 0 Å². The Kier molecular flexibility index (Phi) is 14.5. The van der Waals surface area contributed by atoms with Crippen molar-refractivity contribution in [2.24, 2.45) is 0 Å². The summed E-state index contributed by atoms with van der Waals surface area (Å²) in [6.45, 7) is 4.57. The fraction of sp³-hybridized carbons (Fsp3) is 0.750. The molecular weight excluding hydrogens is 304 g/mol. The van der Waals surface area contributed by atoms with Gasteiger partial charge in [-0.2, -0.15) is 0 Å². The zero-order valence-electron chi connectivity index (χ0n) is 17.0. The van der Waals surface area contributed by atoms with Gasteiger partial charge in [0.15, 0.2) is 0 Å². The van der Waals surface area contributed by atoms with Crippen LogP contribution in [0.4, 0.5) is 0 Å². The molecular formula is C24H42O. The summed E-state index contributed by atoms with van der Waals surface area (Å²) in [5.74, 6) is 1.04. The van der Waals surface area contributed by atoms with Crippen LogP contribution >= 0.6 is 0 Å². The lowest BCUT2D eigenvalue weighted by molar-refractivity contribution is 0.172. The molecule has 0 aliphatic heterocycles. The van der Waals surface area contributed by atoms with Gasteiger partial charge in [0.2, 0.25) is 0 Å². The van der Waals surface area contributed by atoms with Crippen LogP contribution in [0.1, 0.15) is 110 Å². The molecule has 1 rings (SSSR count). The second kappa shape index (κ2) is 16.5. The highest BCUT2D eigenvalue weighted by Crippen LogP contribution is 2.20. The number of hydrogen-bond acceptors (Lipinski definition) is 1. The first-order valence-electron chi connectivity index (χ1n) is 11.1. The minimum absolute atomic E-state index is 0.407. The predicted octanol–water partition coefficient (Wildman–Crippen LogP) is 8.33. The molecule has 0 amide bonds. The van der Waals surface area contributed by atoms with Gasteiger partial charge in [-0.25, -0.2) is 0 Å². The van der Waals surface area contributed by atoms with Crippen molar-refractivity contribution < 1.29 is 4.74 Å². The van der Waals surface area contributed by atoms with E-state index in [2.05, 4.69) is 44.2 Å².